The second-order valence-corrected chi connectivity index (χ2v) is 15.4. The molecular weight excluding hydrogens is 605 g/mol. The molecule has 7 nitrogen and oxygen atoms in total. The number of carbonyl (C=O) groups is 1. The Bertz CT molecular complexity index is 1970. The molecule has 1 heterocycles. The zero-order valence-electron chi connectivity index (χ0n) is 25.1. The maximum Gasteiger partial charge on any atom is 0.243 e. The van der Waals surface area contributed by atoms with Crippen LogP contribution < -0.4 is 4.90 Å². The minimum Gasteiger partial charge on any atom is -0.281 e. The predicted molar refractivity (Wildman–Crippen MR) is 176 cm³/mol. The summed E-state index contributed by atoms with van der Waals surface area (Å²) in [6.07, 6.45) is 0.562. The number of hydrogen-bond acceptors (Lipinski definition) is 5. The van der Waals surface area contributed by atoms with E-state index < -0.39 is 25.8 Å². The van der Waals surface area contributed by atoms with Crippen LogP contribution in [0.4, 0.5) is 11.4 Å². The van der Waals surface area contributed by atoms with E-state index in [9.17, 15) is 21.6 Å². The van der Waals surface area contributed by atoms with Gasteiger partial charge in [-0.05, 0) is 86.4 Å². The highest BCUT2D eigenvalue weighted by molar-refractivity contribution is 7.95. The van der Waals surface area contributed by atoms with Crippen LogP contribution in [0.2, 0.25) is 0 Å². The summed E-state index contributed by atoms with van der Waals surface area (Å²) in [7, 11) is -8.12. The molecule has 0 fully saturated rings. The van der Waals surface area contributed by atoms with Crippen LogP contribution in [0, 0.1) is 12.8 Å². The number of anilines is 2. The second-order valence-electron chi connectivity index (χ2n) is 11.5. The largest absolute Gasteiger partial charge is 0.281 e. The minimum absolute atomic E-state index is 0.0217. The summed E-state index contributed by atoms with van der Waals surface area (Å²) in [4.78, 5) is 16.3. The van der Waals surface area contributed by atoms with Gasteiger partial charge in [-0.25, -0.2) is 16.8 Å². The first-order chi connectivity index (χ1) is 21.6. The van der Waals surface area contributed by atoms with Crippen LogP contribution in [0.1, 0.15) is 25.3 Å². The van der Waals surface area contributed by atoms with E-state index in [-0.39, 0.29) is 40.1 Å². The molecule has 0 bridgehead atoms. The van der Waals surface area contributed by atoms with Crippen LogP contribution in [0.5, 0.6) is 0 Å². The third-order valence-electron chi connectivity index (χ3n) is 8.51. The average Bonchev–Trinajstić information content (AvgIpc) is 3.06. The smallest absolute Gasteiger partial charge is 0.243 e. The van der Waals surface area contributed by atoms with Crippen molar-refractivity contribution in [1.29, 1.82) is 0 Å². The molecule has 0 radical (unpaired) electrons. The number of nitrogens with zero attached hydrogens (tertiary/aromatic N) is 2. The van der Waals surface area contributed by atoms with Gasteiger partial charge in [-0.3, -0.25) is 9.69 Å². The number of hydrogen-bond donors (Lipinski definition) is 0. The molecule has 1 atom stereocenters. The highest BCUT2D eigenvalue weighted by Crippen LogP contribution is 2.44. The van der Waals surface area contributed by atoms with Crippen molar-refractivity contribution in [2.24, 2.45) is 5.92 Å². The molecule has 2 aliphatic rings. The Balaban J connectivity index is 1.46. The van der Waals surface area contributed by atoms with Gasteiger partial charge in [-0.2, -0.15) is 4.31 Å². The van der Waals surface area contributed by atoms with Gasteiger partial charge in [-0.15, -0.1) is 0 Å². The Morgan fingerprint density at radius 2 is 1.18 bits per heavy atom. The minimum atomic E-state index is -4.10. The summed E-state index contributed by atoms with van der Waals surface area (Å²) in [5.41, 5.74) is 4.36. The van der Waals surface area contributed by atoms with E-state index in [0.717, 1.165) is 11.1 Å². The van der Waals surface area contributed by atoms with Gasteiger partial charge in [0, 0.05) is 23.8 Å². The van der Waals surface area contributed by atoms with Crippen LogP contribution in [0.25, 0.3) is 0 Å². The summed E-state index contributed by atoms with van der Waals surface area (Å²) in [5.74, 6) is -0.699. The van der Waals surface area contributed by atoms with E-state index in [1.807, 2.05) is 74.5 Å². The lowest BCUT2D eigenvalue weighted by Crippen LogP contribution is -2.42. The summed E-state index contributed by atoms with van der Waals surface area (Å²) in [5, 5.41) is 0. The Morgan fingerprint density at radius 3 is 1.73 bits per heavy atom. The molecule has 0 aromatic heterocycles. The number of para-hydroxylation sites is 2. The fourth-order valence-electron chi connectivity index (χ4n) is 6.13. The van der Waals surface area contributed by atoms with Gasteiger partial charge >= 0.3 is 0 Å². The molecule has 1 amide bonds. The van der Waals surface area contributed by atoms with E-state index in [1.54, 1.807) is 47.4 Å². The zero-order valence-corrected chi connectivity index (χ0v) is 26.8. The van der Waals surface area contributed by atoms with Crippen molar-refractivity contribution in [2.75, 3.05) is 18.0 Å². The topological polar surface area (TPSA) is 91.8 Å². The second kappa shape index (κ2) is 12.2. The van der Waals surface area contributed by atoms with Crippen molar-refractivity contribution in [3.63, 3.8) is 0 Å². The van der Waals surface area contributed by atoms with Crippen molar-refractivity contribution in [3.05, 3.63) is 142 Å². The third kappa shape index (κ3) is 5.91. The number of benzene rings is 4. The maximum atomic E-state index is 14.4. The Hall–Kier alpha value is -4.31. The molecule has 1 aliphatic carbocycles. The molecule has 1 unspecified atom stereocenters. The molecule has 0 N–H and O–H groups in total. The Labute approximate surface area is 265 Å². The standard InChI is InChI=1S/C36H34N2O5S2/c1-26-18-20-32(21-19-26)45(42,43)37-24-34-27(2)22-28(23-33(34)35(25-37)44(40,41)31-16-10-5-11-17-31)36(39)38(29-12-6-3-7-13-29)30-14-8-4-9-15-30/h3-21,28H,22-25H2,1-2H3. The number of rotatable bonds is 7. The monoisotopic (exact) mass is 638 g/mol. The molecule has 4 aromatic carbocycles. The van der Waals surface area contributed by atoms with Crippen molar-refractivity contribution < 1.29 is 21.6 Å². The maximum absolute atomic E-state index is 14.4. The number of fused-ring (bicyclic) bond motifs is 1. The zero-order chi connectivity index (χ0) is 31.8. The van der Waals surface area contributed by atoms with Crippen molar-refractivity contribution in [2.45, 2.75) is 36.5 Å². The number of aryl methyl sites for hydroxylation is 1. The predicted octanol–water partition coefficient (Wildman–Crippen LogP) is 6.82. The number of amides is 1. The summed E-state index contributed by atoms with van der Waals surface area (Å²) in [6, 6.07) is 33.4. The van der Waals surface area contributed by atoms with Crippen LogP contribution in [0.15, 0.2) is 147 Å². The van der Waals surface area contributed by atoms with Crippen molar-refractivity contribution >= 4 is 37.1 Å². The molecule has 0 spiro atoms. The quantitative estimate of drug-likeness (QED) is 0.222. The van der Waals surface area contributed by atoms with E-state index in [2.05, 4.69) is 0 Å². The summed E-state index contributed by atoms with van der Waals surface area (Å²) in [6.45, 7) is 3.47. The van der Waals surface area contributed by atoms with Crippen molar-refractivity contribution in [3.8, 4) is 0 Å². The third-order valence-corrected chi connectivity index (χ3v) is 12.2. The fraction of sp³-hybridized carbons (Fsp3) is 0.194. The van der Waals surface area contributed by atoms with Crippen molar-refractivity contribution in [1.82, 2.24) is 4.31 Å². The van der Waals surface area contributed by atoms with Crippen LogP contribution in [-0.2, 0) is 24.7 Å². The van der Waals surface area contributed by atoms with Gasteiger partial charge in [0.2, 0.25) is 25.8 Å². The number of sulfonamides is 1. The average molecular weight is 639 g/mol. The van der Waals surface area contributed by atoms with Crippen LogP contribution >= 0.6 is 0 Å². The lowest BCUT2D eigenvalue weighted by molar-refractivity contribution is -0.121. The van der Waals surface area contributed by atoms with Gasteiger partial charge in [0.25, 0.3) is 0 Å². The molecule has 6 rings (SSSR count). The number of carbonyl (C=O) groups excluding carboxylic acids is 1. The molecule has 45 heavy (non-hydrogen) atoms. The van der Waals surface area contributed by atoms with Gasteiger partial charge < -0.3 is 0 Å². The molecule has 1 aliphatic heterocycles. The van der Waals surface area contributed by atoms with Gasteiger partial charge in [0.05, 0.1) is 21.2 Å². The van der Waals surface area contributed by atoms with E-state index in [0.29, 0.717) is 28.9 Å². The first-order valence-electron chi connectivity index (χ1n) is 14.8. The van der Waals surface area contributed by atoms with E-state index >= 15 is 0 Å². The first-order valence-corrected chi connectivity index (χ1v) is 17.7. The Morgan fingerprint density at radius 1 is 0.644 bits per heavy atom. The normalized spacial score (nSPS) is 17.6. The fourth-order valence-corrected chi connectivity index (χ4v) is 9.24. The lowest BCUT2D eigenvalue weighted by Gasteiger charge is -2.38. The molecule has 230 valence electrons. The van der Waals surface area contributed by atoms with E-state index in [4.69, 9.17) is 0 Å². The van der Waals surface area contributed by atoms with Crippen LogP contribution in [-0.4, -0.2) is 40.1 Å². The van der Waals surface area contributed by atoms with E-state index in [1.165, 1.54) is 16.4 Å². The molecule has 9 heteroatoms. The van der Waals surface area contributed by atoms with Gasteiger partial charge in [0.1, 0.15) is 0 Å². The van der Waals surface area contributed by atoms with Crippen LogP contribution in [0.3, 0.4) is 0 Å². The highest BCUT2D eigenvalue weighted by Gasteiger charge is 2.42. The highest BCUT2D eigenvalue weighted by atomic mass is 32.2. The molecule has 0 saturated carbocycles. The number of allylic oxidation sites excluding steroid dienone is 1. The molecular formula is C36H34N2O5S2. The Kier molecular flexibility index (Phi) is 8.35. The van der Waals surface area contributed by atoms with Gasteiger partial charge in [0.15, 0.2) is 0 Å². The SMILES string of the molecule is CC1=C2CN(S(=O)(=O)c3ccc(C)cc3)CC(S(=O)(=O)c3ccccc3)=C2CC(C(=O)N(c2ccccc2)c2ccccc2)C1. The lowest BCUT2D eigenvalue weighted by atomic mass is 9.79. The summed E-state index contributed by atoms with van der Waals surface area (Å²) < 4.78 is 57.5. The molecule has 4 aromatic rings. The number of sulfone groups is 1. The first kappa shape index (κ1) is 30.7. The summed E-state index contributed by atoms with van der Waals surface area (Å²) >= 11 is 0. The molecule has 0 saturated heterocycles. The van der Waals surface area contributed by atoms with Gasteiger partial charge in [-0.1, -0.05) is 77.9 Å².